The van der Waals surface area contributed by atoms with Crippen LogP contribution < -0.4 is 16.4 Å². The summed E-state index contributed by atoms with van der Waals surface area (Å²) in [6.45, 7) is 3.61. The SMILES string of the molecule is CC(C)(O)c1cnnn1[C@H]1C[C@@H](C(=O)NC2(C(=O)C(N)=O)CCOCC2)N(C(=O)/C(CC2CCCCC2)=N/C(=O)NCc2ccccc2)C1. The molecule has 2 aromatic rings. The molecule has 1 aliphatic carbocycles. The Bertz CT molecular complexity index is 1560. The number of amides is 5. The number of urea groups is 1. The molecule has 3 fully saturated rings. The number of carbonyl (C=O) groups is 5. The van der Waals surface area contributed by atoms with E-state index in [1.165, 1.54) is 15.8 Å². The number of ether oxygens (including phenoxy) is 1. The van der Waals surface area contributed by atoms with Crippen LogP contribution in [0.5, 0.6) is 0 Å². The van der Waals surface area contributed by atoms with Gasteiger partial charge in [0.25, 0.3) is 11.8 Å². The van der Waals surface area contributed by atoms with Crippen LogP contribution in [0.4, 0.5) is 4.79 Å². The van der Waals surface area contributed by atoms with Gasteiger partial charge in [-0.25, -0.2) is 9.48 Å². The molecule has 1 aromatic carbocycles. The van der Waals surface area contributed by atoms with Gasteiger partial charge in [-0.15, -0.1) is 5.10 Å². The highest BCUT2D eigenvalue weighted by Crippen LogP contribution is 2.34. The molecule has 5 rings (SSSR count). The Hall–Kier alpha value is -4.50. The van der Waals surface area contributed by atoms with Gasteiger partial charge in [0.1, 0.15) is 22.9 Å². The largest absolute Gasteiger partial charge is 0.384 e. The van der Waals surface area contributed by atoms with Crippen LogP contribution >= 0.6 is 0 Å². The van der Waals surface area contributed by atoms with Gasteiger partial charge in [-0.3, -0.25) is 19.2 Å². The van der Waals surface area contributed by atoms with E-state index in [1.54, 1.807) is 13.8 Å². The van der Waals surface area contributed by atoms with E-state index in [2.05, 4.69) is 25.9 Å². The molecule has 3 heterocycles. The highest BCUT2D eigenvalue weighted by molar-refractivity contribution is 6.41. The fourth-order valence-electron chi connectivity index (χ4n) is 7.05. The number of Topliss-reactive ketones (excluding diaryl/α,β-unsaturated/α-hetero) is 1. The number of likely N-dealkylation sites (tertiary alicyclic amines) is 1. The first-order valence-electron chi connectivity index (χ1n) is 17.0. The number of aromatic nitrogens is 3. The van der Waals surface area contributed by atoms with Crippen LogP contribution in [0.3, 0.4) is 0 Å². The molecular weight excluding hydrogens is 632 g/mol. The van der Waals surface area contributed by atoms with Gasteiger partial charge >= 0.3 is 6.03 Å². The molecule has 5 amide bonds. The summed E-state index contributed by atoms with van der Waals surface area (Å²) >= 11 is 0. The van der Waals surface area contributed by atoms with Gasteiger partial charge in [-0.2, -0.15) is 4.99 Å². The summed E-state index contributed by atoms with van der Waals surface area (Å²) in [7, 11) is 0. The minimum atomic E-state index is -1.59. The number of primary amides is 1. The lowest BCUT2D eigenvalue weighted by atomic mass is 9.84. The van der Waals surface area contributed by atoms with Gasteiger partial charge in [-0.05, 0) is 31.7 Å². The average Bonchev–Trinajstić information content (AvgIpc) is 3.76. The summed E-state index contributed by atoms with van der Waals surface area (Å²) in [5.41, 5.74) is 3.76. The number of nitrogens with two attached hydrogens (primary N) is 1. The van der Waals surface area contributed by atoms with E-state index in [4.69, 9.17) is 10.5 Å². The Balaban J connectivity index is 1.47. The van der Waals surface area contributed by atoms with Crippen molar-refractivity contribution in [1.82, 2.24) is 30.5 Å². The van der Waals surface area contributed by atoms with E-state index in [0.717, 1.165) is 37.7 Å². The van der Waals surface area contributed by atoms with E-state index in [9.17, 15) is 29.1 Å². The number of ketones is 1. The van der Waals surface area contributed by atoms with Crippen LogP contribution in [0.15, 0.2) is 41.5 Å². The van der Waals surface area contributed by atoms with Crippen molar-refractivity contribution in [3.05, 3.63) is 47.8 Å². The Morgan fingerprint density at radius 2 is 1.78 bits per heavy atom. The Kier molecular flexibility index (Phi) is 11.2. The molecule has 264 valence electrons. The van der Waals surface area contributed by atoms with Crippen LogP contribution in [-0.2, 0) is 36.1 Å². The number of carbonyl (C=O) groups excluding carboxylic acids is 5. The topological polar surface area (TPSA) is 211 Å². The monoisotopic (exact) mass is 678 g/mol. The van der Waals surface area contributed by atoms with Gasteiger partial charge in [-0.1, -0.05) is 67.6 Å². The zero-order valence-electron chi connectivity index (χ0n) is 28.1. The summed E-state index contributed by atoms with van der Waals surface area (Å²) in [6, 6.07) is 6.92. The maximum absolute atomic E-state index is 14.5. The Morgan fingerprint density at radius 1 is 1.08 bits per heavy atom. The van der Waals surface area contributed by atoms with Crippen LogP contribution in [0.2, 0.25) is 0 Å². The molecule has 49 heavy (non-hydrogen) atoms. The third-order valence-corrected chi connectivity index (χ3v) is 9.73. The summed E-state index contributed by atoms with van der Waals surface area (Å²) in [5, 5.41) is 24.5. The van der Waals surface area contributed by atoms with Crippen LogP contribution in [0, 0.1) is 5.92 Å². The number of aliphatic hydroxyl groups is 1. The lowest BCUT2D eigenvalue weighted by Crippen LogP contribution is -2.63. The molecule has 0 radical (unpaired) electrons. The first-order valence-corrected chi connectivity index (χ1v) is 17.0. The van der Waals surface area contributed by atoms with Gasteiger partial charge in [0.05, 0.1) is 17.9 Å². The molecule has 3 aliphatic rings. The quantitative estimate of drug-likeness (QED) is 0.201. The summed E-state index contributed by atoms with van der Waals surface area (Å²) in [5.74, 6) is -3.23. The number of hydrogen-bond donors (Lipinski definition) is 4. The first kappa shape index (κ1) is 35.8. The maximum Gasteiger partial charge on any atom is 0.341 e. The number of hydrogen-bond acceptors (Lipinski definition) is 9. The summed E-state index contributed by atoms with van der Waals surface area (Å²) in [6.07, 6.45) is 6.70. The predicted molar refractivity (Wildman–Crippen MR) is 177 cm³/mol. The lowest BCUT2D eigenvalue weighted by Gasteiger charge is -2.37. The highest BCUT2D eigenvalue weighted by atomic mass is 16.5. The molecule has 2 atom stereocenters. The van der Waals surface area contributed by atoms with Crippen LogP contribution in [0.25, 0.3) is 0 Å². The molecule has 5 N–H and O–H groups in total. The molecule has 2 saturated heterocycles. The second kappa shape index (κ2) is 15.4. The summed E-state index contributed by atoms with van der Waals surface area (Å²) in [4.78, 5) is 72.7. The molecule has 15 nitrogen and oxygen atoms in total. The highest BCUT2D eigenvalue weighted by Gasteiger charge is 2.49. The Morgan fingerprint density at radius 3 is 2.43 bits per heavy atom. The molecule has 1 saturated carbocycles. The van der Waals surface area contributed by atoms with Crippen LogP contribution in [-0.4, -0.2) is 91.6 Å². The van der Waals surface area contributed by atoms with Crippen molar-refractivity contribution in [2.75, 3.05) is 19.8 Å². The zero-order chi connectivity index (χ0) is 35.2. The number of nitrogens with zero attached hydrogens (tertiary/aromatic N) is 5. The van der Waals surface area contributed by atoms with E-state index in [0.29, 0.717) is 5.69 Å². The van der Waals surface area contributed by atoms with E-state index < -0.39 is 52.8 Å². The van der Waals surface area contributed by atoms with Gasteiger partial charge in [0, 0.05) is 45.6 Å². The van der Waals surface area contributed by atoms with Crippen molar-refractivity contribution in [2.24, 2.45) is 16.6 Å². The first-order chi connectivity index (χ1) is 23.4. The fourth-order valence-corrected chi connectivity index (χ4v) is 7.05. The van der Waals surface area contributed by atoms with Crippen molar-refractivity contribution in [3.63, 3.8) is 0 Å². The number of nitrogens with one attached hydrogen (secondary N) is 2. The number of benzene rings is 1. The third kappa shape index (κ3) is 8.57. The smallest absolute Gasteiger partial charge is 0.341 e. The van der Waals surface area contributed by atoms with Crippen LogP contribution in [0.1, 0.15) is 88.9 Å². The van der Waals surface area contributed by atoms with Crippen molar-refractivity contribution in [3.8, 4) is 0 Å². The standard InChI is InChI=1S/C34H46N8O7/c1-33(2,48)27-20-37-40-42(27)24-18-26(30(45)39-34(28(43)29(35)44)13-15-49-16-14-34)41(21-24)31(46)25(17-22-9-5-3-6-10-22)38-32(47)36-19-23-11-7-4-8-12-23/h4,7-8,11-12,20,22,24,26,48H,3,5-6,9-10,13-19,21H2,1-2H3,(H2,35,44)(H,36,47)(H,39,45)/b38-25+/t24-,26-/m0/s1. The van der Waals surface area contributed by atoms with E-state index in [1.807, 2.05) is 30.3 Å². The normalized spacial score (nSPS) is 21.6. The number of aliphatic imine (C=N–C) groups is 1. The van der Waals surface area contributed by atoms with Gasteiger partial charge in [0.15, 0.2) is 0 Å². The van der Waals surface area contributed by atoms with Crippen molar-refractivity contribution in [1.29, 1.82) is 0 Å². The Labute approximate surface area is 285 Å². The lowest BCUT2D eigenvalue weighted by molar-refractivity contribution is -0.146. The number of rotatable bonds is 11. The average molecular weight is 679 g/mol. The molecule has 0 unspecified atom stereocenters. The van der Waals surface area contributed by atoms with E-state index in [-0.39, 0.29) is 63.6 Å². The van der Waals surface area contributed by atoms with Crippen molar-refractivity contribution >= 4 is 35.2 Å². The minimum Gasteiger partial charge on any atom is -0.384 e. The van der Waals surface area contributed by atoms with Gasteiger partial charge in [0.2, 0.25) is 11.7 Å². The third-order valence-electron chi connectivity index (χ3n) is 9.73. The summed E-state index contributed by atoms with van der Waals surface area (Å²) < 4.78 is 6.90. The second-order valence-electron chi connectivity index (χ2n) is 13.8. The van der Waals surface area contributed by atoms with Crippen molar-refractivity contribution < 1.29 is 33.8 Å². The molecule has 2 aliphatic heterocycles. The molecule has 15 heteroatoms. The minimum absolute atomic E-state index is 0.0153. The van der Waals surface area contributed by atoms with E-state index >= 15 is 0 Å². The van der Waals surface area contributed by atoms with Crippen molar-refractivity contribution in [2.45, 2.75) is 101 Å². The molecule has 0 spiro atoms. The fraction of sp³-hybridized carbons (Fsp3) is 0.588. The predicted octanol–water partition coefficient (Wildman–Crippen LogP) is 1.69. The molecule has 0 bridgehead atoms. The van der Waals surface area contributed by atoms with Gasteiger partial charge < -0.3 is 31.1 Å². The second-order valence-corrected chi connectivity index (χ2v) is 13.8. The molecule has 1 aromatic heterocycles. The zero-order valence-corrected chi connectivity index (χ0v) is 28.1. The maximum atomic E-state index is 14.5. The molecular formula is C34H46N8O7.